The molecule has 2 heterocycles. The number of sulfonamides is 1. The van der Waals surface area contributed by atoms with Crippen molar-refractivity contribution in [2.24, 2.45) is 0 Å². The van der Waals surface area contributed by atoms with Crippen LogP contribution in [0.4, 0.5) is 14.5 Å². The van der Waals surface area contributed by atoms with Gasteiger partial charge >= 0.3 is 0 Å². The molecule has 0 saturated heterocycles. The Morgan fingerprint density at radius 1 is 1.21 bits per heavy atom. The summed E-state index contributed by atoms with van der Waals surface area (Å²) in [6.45, 7) is 3.16. The predicted molar refractivity (Wildman–Crippen MR) is 86.0 cm³/mol. The van der Waals surface area contributed by atoms with E-state index in [2.05, 4.69) is 9.71 Å². The molecule has 0 amide bonds. The minimum atomic E-state index is -4.32. The molecule has 0 spiro atoms. The SMILES string of the molecule is Cc1cn2c(=O)c(S(=O)(=O)Nc3ccc(F)c(F)c3)c(C)nc2s1. The van der Waals surface area contributed by atoms with E-state index in [0.717, 1.165) is 21.4 Å². The lowest BCUT2D eigenvalue weighted by molar-refractivity contribution is 0.509. The third kappa shape index (κ3) is 2.78. The zero-order chi connectivity index (χ0) is 17.6. The summed E-state index contributed by atoms with van der Waals surface area (Å²) in [6.07, 6.45) is 1.49. The van der Waals surface area contributed by atoms with Crippen LogP contribution in [0.2, 0.25) is 0 Å². The molecule has 6 nitrogen and oxygen atoms in total. The fraction of sp³-hybridized carbons (Fsp3) is 0.143. The summed E-state index contributed by atoms with van der Waals surface area (Å²) in [4.78, 5) is 17.3. The van der Waals surface area contributed by atoms with Gasteiger partial charge in [0, 0.05) is 17.1 Å². The number of halogens is 2. The second-order valence-corrected chi connectivity index (χ2v) is 7.89. The summed E-state index contributed by atoms with van der Waals surface area (Å²) >= 11 is 1.25. The summed E-state index contributed by atoms with van der Waals surface area (Å²) in [6, 6.07) is 2.54. The molecule has 24 heavy (non-hydrogen) atoms. The average Bonchev–Trinajstić information content (AvgIpc) is 2.83. The molecule has 0 radical (unpaired) electrons. The number of fused-ring (bicyclic) bond motifs is 1. The van der Waals surface area contributed by atoms with Gasteiger partial charge in [0.25, 0.3) is 15.6 Å². The van der Waals surface area contributed by atoms with E-state index in [9.17, 15) is 22.0 Å². The minimum Gasteiger partial charge on any atom is -0.279 e. The normalized spacial score (nSPS) is 11.8. The molecule has 1 N–H and O–H groups in total. The molecule has 126 valence electrons. The van der Waals surface area contributed by atoms with Crippen LogP contribution in [0.3, 0.4) is 0 Å². The van der Waals surface area contributed by atoms with Crippen molar-refractivity contribution in [2.45, 2.75) is 18.7 Å². The Labute approximate surface area is 139 Å². The maximum absolute atomic E-state index is 13.2. The number of benzene rings is 1. The van der Waals surface area contributed by atoms with Gasteiger partial charge in [-0.05, 0) is 26.0 Å². The van der Waals surface area contributed by atoms with Crippen molar-refractivity contribution in [1.82, 2.24) is 9.38 Å². The first-order valence-electron chi connectivity index (χ1n) is 6.66. The third-order valence-corrected chi connectivity index (χ3v) is 5.62. The van der Waals surface area contributed by atoms with Crippen LogP contribution in [0, 0.1) is 25.5 Å². The van der Waals surface area contributed by atoms with Gasteiger partial charge in [-0.3, -0.25) is 13.9 Å². The van der Waals surface area contributed by atoms with E-state index in [1.165, 1.54) is 24.5 Å². The van der Waals surface area contributed by atoms with Crippen LogP contribution in [0.15, 0.2) is 34.1 Å². The van der Waals surface area contributed by atoms with Gasteiger partial charge in [-0.2, -0.15) is 0 Å². The van der Waals surface area contributed by atoms with Gasteiger partial charge in [-0.1, -0.05) is 0 Å². The Balaban J connectivity index is 2.14. The average molecular weight is 371 g/mol. The number of hydrogen-bond acceptors (Lipinski definition) is 5. The highest BCUT2D eigenvalue weighted by atomic mass is 32.2. The maximum Gasteiger partial charge on any atom is 0.279 e. The van der Waals surface area contributed by atoms with Crippen molar-refractivity contribution in [3.8, 4) is 0 Å². The fourth-order valence-corrected chi connectivity index (χ4v) is 4.38. The van der Waals surface area contributed by atoms with Crippen LogP contribution >= 0.6 is 11.3 Å². The van der Waals surface area contributed by atoms with Crippen LogP contribution in [0.25, 0.3) is 4.96 Å². The lowest BCUT2D eigenvalue weighted by atomic mass is 10.3. The molecule has 2 aromatic heterocycles. The molecule has 0 aliphatic carbocycles. The molecular weight excluding hydrogens is 360 g/mol. The molecular formula is C14H11F2N3O3S2. The lowest BCUT2D eigenvalue weighted by Gasteiger charge is -2.10. The van der Waals surface area contributed by atoms with Gasteiger partial charge in [0.1, 0.15) is 0 Å². The van der Waals surface area contributed by atoms with Crippen molar-refractivity contribution in [2.75, 3.05) is 4.72 Å². The van der Waals surface area contributed by atoms with Crippen molar-refractivity contribution in [3.05, 3.63) is 57.0 Å². The first kappa shape index (κ1) is 16.5. The van der Waals surface area contributed by atoms with Crippen molar-refractivity contribution in [1.29, 1.82) is 0 Å². The zero-order valence-corrected chi connectivity index (χ0v) is 14.1. The van der Waals surface area contributed by atoms with Crippen LogP contribution in [-0.4, -0.2) is 17.8 Å². The Morgan fingerprint density at radius 3 is 2.58 bits per heavy atom. The van der Waals surface area contributed by atoms with Gasteiger partial charge in [-0.25, -0.2) is 22.2 Å². The van der Waals surface area contributed by atoms with Gasteiger partial charge in [-0.15, -0.1) is 11.3 Å². The highest BCUT2D eigenvalue weighted by Gasteiger charge is 2.25. The Kier molecular flexibility index (Phi) is 3.88. The molecule has 0 aliphatic heterocycles. The van der Waals surface area contributed by atoms with Gasteiger partial charge in [0.05, 0.1) is 11.4 Å². The molecule has 3 rings (SSSR count). The Morgan fingerprint density at radius 2 is 1.92 bits per heavy atom. The standard InChI is InChI=1S/C14H11F2N3O3S2/c1-7-6-19-13(20)12(8(2)17-14(19)23-7)24(21,22)18-9-3-4-10(15)11(16)5-9/h3-6,18H,1-2H3. The van der Waals surface area contributed by atoms with E-state index in [0.29, 0.717) is 11.0 Å². The van der Waals surface area contributed by atoms with Crippen LogP contribution in [-0.2, 0) is 10.0 Å². The molecule has 10 heteroatoms. The lowest BCUT2D eigenvalue weighted by Crippen LogP contribution is -2.27. The van der Waals surface area contributed by atoms with E-state index in [4.69, 9.17) is 0 Å². The highest BCUT2D eigenvalue weighted by Crippen LogP contribution is 2.20. The van der Waals surface area contributed by atoms with Crippen LogP contribution < -0.4 is 10.3 Å². The molecule has 1 aromatic carbocycles. The highest BCUT2D eigenvalue weighted by molar-refractivity contribution is 7.92. The van der Waals surface area contributed by atoms with E-state index in [1.54, 1.807) is 6.92 Å². The number of thiazole rings is 1. The first-order valence-corrected chi connectivity index (χ1v) is 8.96. The van der Waals surface area contributed by atoms with Gasteiger partial charge in [0.2, 0.25) is 0 Å². The number of nitrogens with zero attached hydrogens (tertiary/aromatic N) is 2. The monoisotopic (exact) mass is 371 g/mol. The first-order chi connectivity index (χ1) is 11.2. The summed E-state index contributed by atoms with van der Waals surface area (Å²) in [7, 11) is -4.32. The quantitative estimate of drug-likeness (QED) is 0.767. The van der Waals surface area contributed by atoms with Gasteiger partial charge in [0.15, 0.2) is 21.5 Å². The van der Waals surface area contributed by atoms with Crippen molar-refractivity contribution < 1.29 is 17.2 Å². The summed E-state index contributed by atoms with van der Waals surface area (Å²) in [5, 5.41) is 0. The molecule has 0 unspecified atom stereocenters. The Bertz CT molecular complexity index is 1120. The fourth-order valence-electron chi connectivity index (χ4n) is 2.21. The van der Waals surface area contributed by atoms with E-state index in [1.807, 2.05) is 0 Å². The summed E-state index contributed by atoms with van der Waals surface area (Å²) in [5.41, 5.74) is -0.923. The number of nitrogens with one attached hydrogen (secondary N) is 1. The van der Waals surface area contributed by atoms with Crippen molar-refractivity contribution in [3.63, 3.8) is 0 Å². The molecule has 0 bridgehead atoms. The van der Waals surface area contributed by atoms with E-state index in [-0.39, 0.29) is 11.4 Å². The number of aryl methyl sites for hydroxylation is 2. The topological polar surface area (TPSA) is 80.5 Å². The molecule has 0 fully saturated rings. The molecule has 0 atom stereocenters. The maximum atomic E-state index is 13.2. The number of aromatic nitrogens is 2. The largest absolute Gasteiger partial charge is 0.279 e. The summed E-state index contributed by atoms with van der Waals surface area (Å²) in [5.74, 6) is -2.31. The third-order valence-electron chi connectivity index (χ3n) is 3.21. The Hall–Kier alpha value is -2.33. The smallest absolute Gasteiger partial charge is 0.279 e. The van der Waals surface area contributed by atoms with E-state index >= 15 is 0 Å². The molecule has 3 aromatic rings. The molecule has 0 aliphatic rings. The van der Waals surface area contributed by atoms with Crippen LogP contribution in [0.1, 0.15) is 10.6 Å². The van der Waals surface area contributed by atoms with Gasteiger partial charge < -0.3 is 0 Å². The number of hydrogen-bond donors (Lipinski definition) is 1. The predicted octanol–water partition coefficient (Wildman–Crippen LogP) is 2.45. The van der Waals surface area contributed by atoms with E-state index < -0.39 is 32.1 Å². The zero-order valence-electron chi connectivity index (χ0n) is 12.5. The number of anilines is 1. The summed E-state index contributed by atoms with van der Waals surface area (Å²) < 4.78 is 54.4. The second-order valence-electron chi connectivity index (χ2n) is 5.06. The van der Waals surface area contributed by atoms with Crippen molar-refractivity contribution >= 4 is 32.0 Å². The minimum absolute atomic E-state index is 0.0249. The van der Waals surface area contributed by atoms with Crippen LogP contribution in [0.5, 0.6) is 0 Å². The second kappa shape index (κ2) is 5.64. The number of rotatable bonds is 3. The molecule has 0 saturated carbocycles.